The molecule has 2 aromatic rings. The van der Waals surface area contributed by atoms with E-state index in [0.29, 0.717) is 36.7 Å². The largest absolute Gasteiger partial charge is 0.490 e. The number of fused-ring (bicyclic) bond motifs is 1. The first kappa shape index (κ1) is 15.8. The molecule has 1 saturated heterocycles. The maximum Gasteiger partial charge on any atom is 0.237 e. The summed E-state index contributed by atoms with van der Waals surface area (Å²) in [5.74, 6) is 1.26. The molecule has 2 heterocycles. The lowest BCUT2D eigenvalue weighted by atomic mass is 10.1. The maximum atomic E-state index is 12.2. The molecule has 1 fully saturated rings. The van der Waals surface area contributed by atoms with Crippen LogP contribution in [0.25, 0.3) is 11.0 Å². The van der Waals surface area contributed by atoms with Crippen molar-refractivity contribution in [2.24, 2.45) is 0 Å². The number of nitrogens with one attached hydrogen (secondary N) is 2. The molecule has 1 aliphatic rings. The summed E-state index contributed by atoms with van der Waals surface area (Å²) in [5, 5.41) is 16.4. The van der Waals surface area contributed by atoms with Gasteiger partial charge in [-0.15, -0.1) is 0 Å². The Morgan fingerprint density at radius 3 is 3.09 bits per heavy atom. The lowest BCUT2D eigenvalue weighted by molar-refractivity contribution is -0.123. The van der Waals surface area contributed by atoms with Gasteiger partial charge in [0.25, 0.3) is 0 Å². The molecule has 1 aromatic carbocycles. The SMILES string of the molecule is CCOc1cccc2cc(C(C)NC(=O)C3CC(O)CN3)oc12. The zero-order chi connectivity index (χ0) is 16.4. The summed E-state index contributed by atoms with van der Waals surface area (Å²) in [4.78, 5) is 12.2. The molecule has 1 amide bonds. The molecule has 1 aliphatic heterocycles. The summed E-state index contributed by atoms with van der Waals surface area (Å²) in [6.07, 6.45) is -0.0197. The third-order valence-electron chi connectivity index (χ3n) is 4.04. The molecule has 0 radical (unpaired) electrons. The lowest BCUT2D eigenvalue weighted by Crippen LogP contribution is -2.41. The number of carbonyl (C=O) groups is 1. The third-order valence-corrected chi connectivity index (χ3v) is 4.04. The molecule has 0 aliphatic carbocycles. The van der Waals surface area contributed by atoms with Crippen LogP contribution >= 0.6 is 0 Å². The van der Waals surface area contributed by atoms with E-state index in [1.54, 1.807) is 0 Å². The van der Waals surface area contributed by atoms with Crippen LogP contribution in [0, 0.1) is 0 Å². The van der Waals surface area contributed by atoms with Gasteiger partial charge in [0, 0.05) is 11.9 Å². The average molecular weight is 318 g/mol. The Balaban J connectivity index is 1.74. The highest BCUT2D eigenvalue weighted by molar-refractivity contribution is 5.85. The Bertz CT molecular complexity index is 697. The van der Waals surface area contributed by atoms with Crippen molar-refractivity contribution in [3.8, 4) is 5.75 Å². The van der Waals surface area contributed by atoms with Gasteiger partial charge in [0.1, 0.15) is 5.76 Å². The minimum absolute atomic E-state index is 0.125. The van der Waals surface area contributed by atoms with Crippen molar-refractivity contribution >= 4 is 16.9 Å². The number of hydrogen-bond acceptors (Lipinski definition) is 5. The van der Waals surface area contributed by atoms with Crippen LogP contribution in [-0.4, -0.2) is 36.3 Å². The van der Waals surface area contributed by atoms with Crippen LogP contribution in [0.2, 0.25) is 0 Å². The molecule has 0 saturated carbocycles. The molecule has 124 valence electrons. The van der Waals surface area contributed by atoms with Crippen molar-refractivity contribution in [1.29, 1.82) is 0 Å². The van der Waals surface area contributed by atoms with Gasteiger partial charge in [0.05, 0.1) is 24.8 Å². The van der Waals surface area contributed by atoms with Gasteiger partial charge < -0.3 is 24.9 Å². The van der Waals surface area contributed by atoms with Gasteiger partial charge in [-0.3, -0.25) is 4.79 Å². The molecule has 3 N–H and O–H groups in total. The smallest absolute Gasteiger partial charge is 0.237 e. The number of carbonyl (C=O) groups excluding carboxylic acids is 1. The highest BCUT2D eigenvalue weighted by Gasteiger charge is 2.29. The number of amides is 1. The number of aliphatic hydroxyl groups excluding tert-OH is 1. The predicted octanol–water partition coefficient (Wildman–Crippen LogP) is 1.73. The highest BCUT2D eigenvalue weighted by Crippen LogP contribution is 2.31. The van der Waals surface area contributed by atoms with E-state index >= 15 is 0 Å². The maximum absolute atomic E-state index is 12.2. The number of aliphatic hydroxyl groups is 1. The predicted molar refractivity (Wildman–Crippen MR) is 86.4 cm³/mol. The number of ether oxygens (including phenoxy) is 1. The van der Waals surface area contributed by atoms with Crippen molar-refractivity contribution in [2.45, 2.75) is 38.5 Å². The zero-order valence-corrected chi connectivity index (χ0v) is 13.3. The fourth-order valence-electron chi connectivity index (χ4n) is 2.84. The number of para-hydroxylation sites is 1. The second-order valence-electron chi connectivity index (χ2n) is 5.84. The Morgan fingerprint density at radius 1 is 1.57 bits per heavy atom. The van der Waals surface area contributed by atoms with Crippen LogP contribution in [0.3, 0.4) is 0 Å². The van der Waals surface area contributed by atoms with Gasteiger partial charge >= 0.3 is 0 Å². The van der Waals surface area contributed by atoms with E-state index in [1.165, 1.54) is 0 Å². The molecule has 3 rings (SSSR count). The monoisotopic (exact) mass is 318 g/mol. The zero-order valence-electron chi connectivity index (χ0n) is 13.3. The van der Waals surface area contributed by atoms with E-state index < -0.39 is 6.10 Å². The number of hydrogen-bond donors (Lipinski definition) is 3. The third kappa shape index (κ3) is 3.33. The second-order valence-corrected chi connectivity index (χ2v) is 5.84. The summed E-state index contributed by atoms with van der Waals surface area (Å²) in [6.45, 7) is 4.82. The van der Waals surface area contributed by atoms with Crippen molar-refractivity contribution in [2.75, 3.05) is 13.2 Å². The van der Waals surface area contributed by atoms with Gasteiger partial charge in [0.15, 0.2) is 11.3 Å². The second kappa shape index (κ2) is 6.60. The Labute approximate surface area is 134 Å². The van der Waals surface area contributed by atoms with Gasteiger partial charge in [0.2, 0.25) is 5.91 Å². The molecule has 0 spiro atoms. The lowest BCUT2D eigenvalue weighted by Gasteiger charge is -2.15. The van der Waals surface area contributed by atoms with E-state index in [1.807, 2.05) is 38.1 Å². The van der Waals surface area contributed by atoms with E-state index in [0.717, 1.165) is 5.39 Å². The van der Waals surface area contributed by atoms with Crippen LogP contribution < -0.4 is 15.4 Å². The molecule has 23 heavy (non-hydrogen) atoms. The summed E-state index contributed by atoms with van der Waals surface area (Å²) >= 11 is 0. The van der Waals surface area contributed by atoms with E-state index in [9.17, 15) is 9.90 Å². The van der Waals surface area contributed by atoms with Crippen molar-refractivity contribution in [3.05, 3.63) is 30.0 Å². The summed E-state index contributed by atoms with van der Waals surface area (Å²) in [6, 6.07) is 7.04. The van der Waals surface area contributed by atoms with Crippen molar-refractivity contribution in [3.63, 3.8) is 0 Å². The first-order valence-corrected chi connectivity index (χ1v) is 7.95. The van der Waals surface area contributed by atoms with Gasteiger partial charge in [-0.1, -0.05) is 12.1 Å². The van der Waals surface area contributed by atoms with Crippen molar-refractivity contribution < 1.29 is 19.1 Å². The average Bonchev–Trinajstić information content (AvgIpc) is 3.14. The molecule has 3 atom stereocenters. The molecule has 1 aromatic heterocycles. The van der Waals surface area contributed by atoms with E-state index in [4.69, 9.17) is 9.15 Å². The molecule has 0 bridgehead atoms. The van der Waals surface area contributed by atoms with Crippen LogP contribution in [-0.2, 0) is 4.79 Å². The summed E-state index contributed by atoms with van der Waals surface area (Å²) < 4.78 is 11.5. The van der Waals surface area contributed by atoms with E-state index in [-0.39, 0.29) is 18.0 Å². The number of β-amino-alcohol motifs (C(OH)–C–C–N with tert-alkyl or cyclic N) is 1. The Kier molecular flexibility index (Phi) is 4.54. The molecule has 6 heteroatoms. The number of furan rings is 1. The number of rotatable bonds is 5. The minimum Gasteiger partial charge on any atom is -0.490 e. The highest BCUT2D eigenvalue weighted by atomic mass is 16.5. The van der Waals surface area contributed by atoms with Crippen LogP contribution in [0.4, 0.5) is 0 Å². The quantitative estimate of drug-likeness (QED) is 0.782. The molecule has 3 unspecified atom stereocenters. The Morgan fingerprint density at radius 2 is 2.39 bits per heavy atom. The van der Waals surface area contributed by atoms with Crippen LogP contribution in [0.15, 0.2) is 28.7 Å². The first-order valence-electron chi connectivity index (χ1n) is 7.95. The molecular weight excluding hydrogens is 296 g/mol. The van der Waals surface area contributed by atoms with Gasteiger partial charge in [-0.25, -0.2) is 0 Å². The fraction of sp³-hybridized carbons (Fsp3) is 0.471. The van der Waals surface area contributed by atoms with Crippen molar-refractivity contribution in [1.82, 2.24) is 10.6 Å². The van der Waals surface area contributed by atoms with Gasteiger partial charge in [-0.05, 0) is 32.4 Å². The molecular formula is C17H22N2O4. The Hall–Kier alpha value is -2.05. The summed E-state index contributed by atoms with van der Waals surface area (Å²) in [7, 11) is 0. The van der Waals surface area contributed by atoms with Crippen LogP contribution in [0.1, 0.15) is 32.1 Å². The minimum atomic E-state index is -0.457. The number of benzene rings is 1. The van der Waals surface area contributed by atoms with E-state index in [2.05, 4.69) is 10.6 Å². The van der Waals surface area contributed by atoms with Gasteiger partial charge in [-0.2, -0.15) is 0 Å². The first-order chi connectivity index (χ1) is 11.1. The standard InChI is InChI=1S/C17H22N2O4/c1-3-22-14-6-4-5-11-7-15(23-16(11)14)10(2)19-17(21)13-8-12(20)9-18-13/h4-7,10,12-13,18,20H,3,8-9H2,1-2H3,(H,19,21). The molecule has 6 nitrogen and oxygen atoms in total. The normalized spacial score (nSPS) is 22.2. The fourth-order valence-corrected chi connectivity index (χ4v) is 2.84. The summed E-state index contributed by atoms with van der Waals surface area (Å²) in [5.41, 5.74) is 0.694. The topological polar surface area (TPSA) is 83.7 Å². The van der Waals surface area contributed by atoms with Crippen LogP contribution in [0.5, 0.6) is 5.75 Å².